The number of halogens is 1. The van der Waals surface area contributed by atoms with Crippen LogP contribution in [-0.2, 0) is 14.8 Å². The van der Waals surface area contributed by atoms with Crippen LogP contribution in [0.15, 0.2) is 12.3 Å². The van der Waals surface area contributed by atoms with Crippen LogP contribution < -0.4 is 4.31 Å². The summed E-state index contributed by atoms with van der Waals surface area (Å²) in [4.78, 5) is 15.2. The predicted octanol–water partition coefficient (Wildman–Crippen LogP) is 0.917. The standard InChI is InChI=1S/C9H11ClN2O4S/c1-12(17(3,14)15)8-4-6(9(13)16-2)7(10)5-11-8/h4-5H,1-3H3. The van der Waals surface area contributed by atoms with Gasteiger partial charge in [0.25, 0.3) is 0 Å². The quantitative estimate of drug-likeness (QED) is 0.769. The van der Waals surface area contributed by atoms with Crippen LogP contribution in [0.4, 0.5) is 5.82 Å². The summed E-state index contributed by atoms with van der Waals surface area (Å²) in [6.07, 6.45) is 2.23. The third kappa shape index (κ3) is 3.07. The fraction of sp³-hybridized carbons (Fsp3) is 0.333. The molecule has 0 spiro atoms. The summed E-state index contributed by atoms with van der Waals surface area (Å²) < 4.78 is 28.1. The average molecular weight is 279 g/mol. The number of anilines is 1. The van der Waals surface area contributed by atoms with Gasteiger partial charge in [0, 0.05) is 13.2 Å². The molecular formula is C9H11ClN2O4S. The molecule has 1 aromatic rings. The van der Waals surface area contributed by atoms with Crippen LogP contribution in [-0.4, -0.2) is 39.8 Å². The number of ether oxygens (including phenoxy) is 1. The number of sulfonamides is 1. The molecular weight excluding hydrogens is 268 g/mol. The van der Waals surface area contributed by atoms with E-state index in [1.54, 1.807) is 0 Å². The van der Waals surface area contributed by atoms with Crippen LogP contribution in [0.25, 0.3) is 0 Å². The van der Waals surface area contributed by atoms with Crippen LogP contribution in [0.5, 0.6) is 0 Å². The number of carbonyl (C=O) groups is 1. The van der Waals surface area contributed by atoms with Crippen molar-refractivity contribution in [1.82, 2.24) is 4.98 Å². The Kier molecular flexibility index (Phi) is 3.94. The monoisotopic (exact) mass is 278 g/mol. The summed E-state index contributed by atoms with van der Waals surface area (Å²) in [6, 6.07) is 1.26. The number of aromatic nitrogens is 1. The molecule has 0 unspecified atom stereocenters. The number of carbonyl (C=O) groups excluding carboxylic acids is 1. The molecule has 0 bridgehead atoms. The second kappa shape index (κ2) is 4.89. The maximum atomic E-state index is 11.4. The third-order valence-electron chi connectivity index (χ3n) is 2.07. The lowest BCUT2D eigenvalue weighted by atomic mass is 10.2. The molecule has 0 aliphatic carbocycles. The van der Waals surface area contributed by atoms with Gasteiger partial charge in [-0.2, -0.15) is 0 Å². The van der Waals surface area contributed by atoms with Crippen LogP contribution in [0.2, 0.25) is 5.02 Å². The lowest BCUT2D eigenvalue weighted by Crippen LogP contribution is -2.26. The van der Waals surface area contributed by atoms with Gasteiger partial charge in [0.2, 0.25) is 10.0 Å². The van der Waals surface area contributed by atoms with Crippen molar-refractivity contribution in [2.24, 2.45) is 0 Å². The first-order valence-electron chi connectivity index (χ1n) is 4.45. The lowest BCUT2D eigenvalue weighted by Gasteiger charge is -2.16. The van der Waals surface area contributed by atoms with E-state index in [0.717, 1.165) is 10.6 Å². The topological polar surface area (TPSA) is 76.6 Å². The Morgan fingerprint density at radius 3 is 2.59 bits per heavy atom. The van der Waals surface area contributed by atoms with Crippen molar-refractivity contribution in [1.29, 1.82) is 0 Å². The molecule has 0 N–H and O–H groups in total. The van der Waals surface area contributed by atoms with Crippen LogP contribution in [0.1, 0.15) is 10.4 Å². The molecule has 0 aromatic carbocycles. The lowest BCUT2D eigenvalue weighted by molar-refractivity contribution is 0.0601. The van der Waals surface area contributed by atoms with E-state index < -0.39 is 16.0 Å². The summed E-state index contributed by atoms with van der Waals surface area (Å²) in [5.41, 5.74) is 0.0645. The van der Waals surface area contributed by atoms with Gasteiger partial charge < -0.3 is 4.74 Å². The van der Waals surface area contributed by atoms with E-state index in [4.69, 9.17) is 11.6 Å². The second-order valence-electron chi connectivity index (χ2n) is 3.24. The van der Waals surface area contributed by atoms with Crippen molar-refractivity contribution in [2.75, 3.05) is 24.7 Å². The van der Waals surface area contributed by atoms with Gasteiger partial charge in [-0.05, 0) is 6.07 Å². The largest absolute Gasteiger partial charge is 0.465 e. The zero-order chi connectivity index (χ0) is 13.2. The Balaban J connectivity index is 3.26. The van der Waals surface area contributed by atoms with Crippen LogP contribution in [0, 0.1) is 0 Å². The van der Waals surface area contributed by atoms with E-state index >= 15 is 0 Å². The Morgan fingerprint density at radius 1 is 1.53 bits per heavy atom. The van der Waals surface area contributed by atoms with Crippen LogP contribution in [0.3, 0.4) is 0 Å². The molecule has 1 heterocycles. The highest BCUT2D eigenvalue weighted by molar-refractivity contribution is 7.92. The minimum Gasteiger partial charge on any atom is -0.465 e. The van der Waals surface area contributed by atoms with Gasteiger partial charge >= 0.3 is 5.97 Å². The first kappa shape index (κ1) is 13.7. The predicted molar refractivity (Wildman–Crippen MR) is 63.8 cm³/mol. The normalized spacial score (nSPS) is 11.1. The maximum Gasteiger partial charge on any atom is 0.339 e. The smallest absolute Gasteiger partial charge is 0.339 e. The van der Waals surface area contributed by atoms with Crippen molar-refractivity contribution in [2.45, 2.75) is 0 Å². The number of esters is 1. The number of methoxy groups -OCH3 is 1. The second-order valence-corrected chi connectivity index (χ2v) is 5.67. The van der Waals surface area contributed by atoms with E-state index in [1.807, 2.05) is 0 Å². The molecule has 0 aliphatic rings. The van der Waals surface area contributed by atoms with E-state index in [0.29, 0.717) is 0 Å². The highest BCUT2D eigenvalue weighted by atomic mass is 35.5. The zero-order valence-corrected chi connectivity index (χ0v) is 11.0. The molecule has 0 atom stereocenters. The molecule has 0 aliphatic heterocycles. The summed E-state index contributed by atoms with van der Waals surface area (Å²) in [7, 11) is -0.909. The van der Waals surface area contributed by atoms with E-state index in [1.165, 1.54) is 26.4 Å². The number of pyridine rings is 1. The molecule has 0 radical (unpaired) electrons. The number of rotatable bonds is 3. The van der Waals surface area contributed by atoms with Crippen molar-refractivity contribution >= 4 is 33.4 Å². The fourth-order valence-corrected chi connectivity index (χ4v) is 1.66. The summed E-state index contributed by atoms with van der Waals surface area (Å²) in [5, 5.41) is 0.0995. The van der Waals surface area contributed by atoms with E-state index in [9.17, 15) is 13.2 Å². The van der Waals surface area contributed by atoms with Gasteiger partial charge in [-0.1, -0.05) is 11.6 Å². The van der Waals surface area contributed by atoms with Crippen molar-refractivity contribution in [3.05, 3.63) is 22.8 Å². The first-order valence-corrected chi connectivity index (χ1v) is 6.67. The van der Waals surface area contributed by atoms with E-state index in [2.05, 4.69) is 9.72 Å². The molecule has 0 amide bonds. The maximum absolute atomic E-state index is 11.4. The zero-order valence-electron chi connectivity index (χ0n) is 9.47. The Labute approximate surface area is 104 Å². The molecule has 1 rings (SSSR count). The fourth-order valence-electron chi connectivity index (χ4n) is 1.04. The number of nitrogens with zero attached hydrogens (tertiary/aromatic N) is 2. The molecule has 1 aromatic heterocycles. The van der Waals surface area contributed by atoms with Gasteiger partial charge in [-0.3, -0.25) is 4.31 Å². The average Bonchev–Trinajstić information content (AvgIpc) is 2.26. The van der Waals surface area contributed by atoms with Crippen molar-refractivity contribution in [3.8, 4) is 0 Å². The highest BCUT2D eigenvalue weighted by Gasteiger charge is 2.18. The molecule has 0 saturated heterocycles. The first-order chi connectivity index (χ1) is 7.77. The summed E-state index contributed by atoms with van der Waals surface area (Å²) >= 11 is 5.76. The molecule has 94 valence electrons. The Bertz CT molecular complexity index is 544. The van der Waals surface area contributed by atoms with Crippen molar-refractivity contribution in [3.63, 3.8) is 0 Å². The highest BCUT2D eigenvalue weighted by Crippen LogP contribution is 2.21. The minimum atomic E-state index is -3.44. The SMILES string of the molecule is COC(=O)c1cc(N(C)S(C)(=O)=O)ncc1Cl. The summed E-state index contributed by atoms with van der Waals surface area (Å²) in [5.74, 6) is -0.558. The molecule has 0 saturated carbocycles. The van der Waals surface area contributed by atoms with E-state index in [-0.39, 0.29) is 16.4 Å². The minimum absolute atomic E-state index is 0.0645. The molecule has 6 nitrogen and oxygen atoms in total. The van der Waals surface area contributed by atoms with Gasteiger partial charge in [0.15, 0.2) is 0 Å². The third-order valence-corrected chi connectivity index (χ3v) is 3.55. The Hall–Kier alpha value is -1.34. The molecule has 17 heavy (non-hydrogen) atoms. The van der Waals surface area contributed by atoms with Gasteiger partial charge in [-0.25, -0.2) is 18.2 Å². The summed E-state index contributed by atoms with van der Waals surface area (Å²) in [6.45, 7) is 0. The van der Waals surface area contributed by atoms with Crippen molar-refractivity contribution < 1.29 is 17.9 Å². The number of hydrogen-bond donors (Lipinski definition) is 0. The van der Waals surface area contributed by atoms with Gasteiger partial charge in [-0.15, -0.1) is 0 Å². The number of hydrogen-bond acceptors (Lipinski definition) is 5. The van der Waals surface area contributed by atoms with Crippen LogP contribution >= 0.6 is 11.6 Å². The molecule has 0 fully saturated rings. The van der Waals surface area contributed by atoms with Gasteiger partial charge in [0.05, 0.1) is 24.0 Å². The molecule has 8 heteroatoms. The van der Waals surface area contributed by atoms with Gasteiger partial charge in [0.1, 0.15) is 5.82 Å². The Morgan fingerprint density at radius 2 is 2.12 bits per heavy atom.